The molecule has 2 aliphatic carbocycles. The fourth-order valence-corrected chi connectivity index (χ4v) is 4.69. The molecule has 1 heteroatoms. The van der Waals surface area contributed by atoms with Gasteiger partial charge in [-0.25, -0.2) is 0 Å². The van der Waals surface area contributed by atoms with E-state index < -0.39 is 0 Å². The molecule has 2 fully saturated rings. The summed E-state index contributed by atoms with van der Waals surface area (Å²) in [5.74, 6) is 1.35. The van der Waals surface area contributed by atoms with Gasteiger partial charge >= 0.3 is 0 Å². The first-order valence-corrected chi connectivity index (χ1v) is 12.0. The molecule has 0 aromatic heterocycles. The third kappa shape index (κ3) is 8.94. The lowest BCUT2D eigenvalue weighted by molar-refractivity contribution is -0.0151. The van der Waals surface area contributed by atoms with Crippen molar-refractivity contribution >= 4 is 0 Å². The summed E-state index contributed by atoms with van der Waals surface area (Å²) in [6, 6.07) is 0. The lowest BCUT2D eigenvalue weighted by Crippen LogP contribution is -2.33. The van der Waals surface area contributed by atoms with Crippen LogP contribution in [0.15, 0.2) is 0 Å². The fraction of sp³-hybridized carbons (Fsp3) is 1.00. The summed E-state index contributed by atoms with van der Waals surface area (Å²) in [6.45, 7) is 2.29. The highest BCUT2D eigenvalue weighted by atomic mass is 16.3. The number of unbranched alkanes of at least 4 members (excludes halogenated alkanes) is 14. The number of hydrogen-bond acceptors (Lipinski definition) is 1. The van der Waals surface area contributed by atoms with Crippen LogP contribution in [0.5, 0.6) is 0 Å². The highest BCUT2D eigenvalue weighted by molar-refractivity contribution is 5.03. The molecule has 0 aromatic carbocycles. The van der Waals surface area contributed by atoms with E-state index in [1.165, 1.54) is 122 Å². The molecule has 2 saturated carbocycles. The molecule has 0 aromatic rings. The molecule has 2 rings (SSSR count). The first-order valence-electron chi connectivity index (χ1n) is 12.0. The van der Waals surface area contributed by atoms with Crippen molar-refractivity contribution in [3.8, 4) is 0 Å². The zero-order valence-electron chi connectivity index (χ0n) is 17.2. The normalized spacial score (nSPS) is 18.0. The first kappa shape index (κ1) is 21.3. The van der Waals surface area contributed by atoms with E-state index in [2.05, 4.69) is 6.92 Å². The molecule has 0 amide bonds. The Bertz CT molecular complexity index is 304. The van der Waals surface area contributed by atoms with Crippen LogP contribution in [-0.4, -0.2) is 10.7 Å². The highest BCUT2D eigenvalue weighted by Crippen LogP contribution is 2.54. The molecule has 1 nitrogen and oxygen atoms in total. The van der Waals surface area contributed by atoms with Crippen LogP contribution < -0.4 is 0 Å². The van der Waals surface area contributed by atoms with Crippen LogP contribution in [0.3, 0.4) is 0 Å². The zero-order valence-corrected chi connectivity index (χ0v) is 17.2. The predicted molar refractivity (Wildman–Crippen MR) is 110 cm³/mol. The highest BCUT2D eigenvalue weighted by Gasteiger charge is 2.52. The van der Waals surface area contributed by atoms with Crippen molar-refractivity contribution in [1.29, 1.82) is 0 Å². The zero-order chi connectivity index (χ0) is 17.8. The van der Waals surface area contributed by atoms with Crippen LogP contribution in [0.25, 0.3) is 0 Å². The molecule has 0 atom stereocenters. The van der Waals surface area contributed by atoms with Crippen molar-refractivity contribution in [3.05, 3.63) is 0 Å². The Morgan fingerprint density at radius 1 is 0.560 bits per heavy atom. The van der Waals surface area contributed by atoms with Gasteiger partial charge in [-0.15, -0.1) is 0 Å². The Hall–Kier alpha value is -0.0400. The van der Waals surface area contributed by atoms with Crippen LogP contribution in [0, 0.1) is 11.8 Å². The number of hydrogen-bond donors (Lipinski definition) is 1. The standard InChI is InChI=1S/C24H46O/c1-2-3-4-5-6-7-8-9-10-11-12-13-14-15-16-21-24(25,22-17-18-22)23-19-20-23/h22-23,25H,2-21H2,1H3. The molecular weight excluding hydrogens is 304 g/mol. The van der Waals surface area contributed by atoms with Gasteiger partial charge in [0.05, 0.1) is 5.60 Å². The van der Waals surface area contributed by atoms with Gasteiger partial charge in [-0.1, -0.05) is 103 Å². The van der Waals surface area contributed by atoms with E-state index in [1.807, 2.05) is 0 Å². The molecule has 0 heterocycles. The molecule has 0 bridgehead atoms. The summed E-state index contributed by atoms with van der Waals surface area (Å²) in [6.07, 6.45) is 27.6. The number of aliphatic hydroxyl groups is 1. The minimum atomic E-state index is -0.240. The quantitative estimate of drug-likeness (QED) is 0.250. The molecule has 0 spiro atoms. The van der Waals surface area contributed by atoms with E-state index in [1.54, 1.807) is 0 Å². The second-order valence-electron chi connectivity index (χ2n) is 9.24. The maximum absolute atomic E-state index is 10.9. The molecule has 0 radical (unpaired) electrons. The van der Waals surface area contributed by atoms with Gasteiger partial charge in [-0.05, 0) is 43.9 Å². The van der Waals surface area contributed by atoms with E-state index in [9.17, 15) is 5.11 Å². The minimum Gasteiger partial charge on any atom is -0.389 e. The van der Waals surface area contributed by atoms with Gasteiger partial charge in [0.2, 0.25) is 0 Å². The lowest BCUT2D eigenvalue weighted by Gasteiger charge is -2.28. The average Bonchev–Trinajstić information content (AvgIpc) is 3.50. The SMILES string of the molecule is CCCCCCCCCCCCCCCCCC(O)(C1CC1)C1CC1. The van der Waals surface area contributed by atoms with Crippen molar-refractivity contribution in [3.63, 3.8) is 0 Å². The smallest absolute Gasteiger partial charge is 0.0703 e. The van der Waals surface area contributed by atoms with Gasteiger partial charge in [0.1, 0.15) is 0 Å². The summed E-state index contributed by atoms with van der Waals surface area (Å²) >= 11 is 0. The molecule has 0 unspecified atom stereocenters. The van der Waals surface area contributed by atoms with Crippen molar-refractivity contribution in [2.45, 2.75) is 141 Å². The molecule has 148 valence electrons. The molecule has 2 aliphatic rings. The van der Waals surface area contributed by atoms with Crippen LogP contribution in [-0.2, 0) is 0 Å². The van der Waals surface area contributed by atoms with Gasteiger partial charge in [0.15, 0.2) is 0 Å². The van der Waals surface area contributed by atoms with E-state index >= 15 is 0 Å². The third-order valence-corrected chi connectivity index (χ3v) is 6.75. The first-order chi connectivity index (χ1) is 12.3. The molecular formula is C24H46O. The van der Waals surface area contributed by atoms with E-state index in [0.29, 0.717) is 11.8 Å². The Morgan fingerprint density at radius 3 is 1.20 bits per heavy atom. The summed E-state index contributed by atoms with van der Waals surface area (Å²) in [5.41, 5.74) is -0.240. The second-order valence-corrected chi connectivity index (χ2v) is 9.24. The third-order valence-electron chi connectivity index (χ3n) is 6.75. The van der Waals surface area contributed by atoms with Gasteiger partial charge in [-0.3, -0.25) is 0 Å². The number of rotatable bonds is 18. The van der Waals surface area contributed by atoms with Gasteiger partial charge in [0, 0.05) is 0 Å². The summed E-state index contributed by atoms with van der Waals surface area (Å²) in [5, 5.41) is 10.9. The van der Waals surface area contributed by atoms with Gasteiger partial charge < -0.3 is 5.11 Å². The van der Waals surface area contributed by atoms with Crippen LogP contribution in [0.4, 0.5) is 0 Å². The summed E-state index contributed by atoms with van der Waals surface area (Å²) in [4.78, 5) is 0. The minimum absolute atomic E-state index is 0.240. The maximum atomic E-state index is 10.9. The average molecular weight is 351 g/mol. The van der Waals surface area contributed by atoms with Crippen molar-refractivity contribution in [2.24, 2.45) is 11.8 Å². The predicted octanol–water partition coefficient (Wildman–Crippen LogP) is 7.80. The molecule has 0 saturated heterocycles. The van der Waals surface area contributed by atoms with Crippen LogP contribution >= 0.6 is 0 Å². The molecule has 1 N–H and O–H groups in total. The Labute approximate surface area is 158 Å². The Kier molecular flexibility index (Phi) is 10.5. The summed E-state index contributed by atoms with van der Waals surface area (Å²) in [7, 11) is 0. The van der Waals surface area contributed by atoms with Gasteiger partial charge in [0.25, 0.3) is 0 Å². The van der Waals surface area contributed by atoms with E-state index in [4.69, 9.17) is 0 Å². The second kappa shape index (κ2) is 12.4. The van der Waals surface area contributed by atoms with Crippen LogP contribution in [0.2, 0.25) is 0 Å². The lowest BCUT2D eigenvalue weighted by atomic mass is 9.86. The molecule has 0 aliphatic heterocycles. The Morgan fingerprint density at radius 2 is 0.880 bits per heavy atom. The fourth-order valence-electron chi connectivity index (χ4n) is 4.69. The summed E-state index contributed by atoms with van der Waals surface area (Å²) < 4.78 is 0. The van der Waals surface area contributed by atoms with Crippen molar-refractivity contribution in [1.82, 2.24) is 0 Å². The monoisotopic (exact) mass is 350 g/mol. The van der Waals surface area contributed by atoms with Crippen molar-refractivity contribution in [2.75, 3.05) is 0 Å². The van der Waals surface area contributed by atoms with E-state index in [0.717, 1.165) is 6.42 Å². The maximum Gasteiger partial charge on any atom is 0.0703 e. The van der Waals surface area contributed by atoms with Gasteiger partial charge in [-0.2, -0.15) is 0 Å². The van der Waals surface area contributed by atoms with E-state index in [-0.39, 0.29) is 5.60 Å². The topological polar surface area (TPSA) is 20.2 Å². The largest absolute Gasteiger partial charge is 0.389 e. The van der Waals surface area contributed by atoms with Crippen LogP contribution in [0.1, 0.15) is 135 Å². The molecule has 25 heavy (non-hydrogen) atoms. The van der Waals surface area contributed by atoms with Crippen molar-refractivity contribution < 1.29 is 5.11 Å². The Balaban J connectivity index is 1.29.